The van der Waals surface area contributed by atoms with Crippen molar-refractivity contribution in [1.82, 2.24) is 15.0 Å². The molecule has 5 nitrogen and oxygen atoms in total. The van der Waals surface area contributed by atoms with Gasteiger partial charge >= 0.3 is 0 Å². The van der Waals surface area contributed by atoms with E-state index < -0.39 is 6.17 Å². The normalized spacial score (nSPS) is 12.6. The van der Waals surface area contributed by atoms with Gasteiger partial charge in [-0.15, -0.1) is 5.10 Å². The van der Waals surface area contributed by atoms with Gasteiger partial charge in [0.2, 0.25) is 0 Å². The van der Waals surface area contributed by atoms with Gasteiger partial charge in [-0.1, -0.05) is 17.3 Å². The quantitative estimate of drug-likeness (QED) is 0.677. The number of nitrogens with two attached hydrogens (primary N) is 1. The molecule has 0 aliphatic carbocycles. The maximum atomic E-state index is 8.60. The van der Waals surface area contributed by atoms with E-state index in [1.165, 1.54) is 4.68 Å². The highest BCUT2D eigenvalue weighted by Crippen LogP contribution is 2.11. The Labute approximate surface area is 74.4 Å². The molecule has 0 saturated heterocycles. The first-order chi connectivity index (χ1) is 6.33. The Balaban J connectivity index is 2.66. The van der Waals surface area contributed by atoms with E-state index in [0.29, 0.717) is 0 Å². The summed E-state index contributed by atoms with van der Waals surface area (Å²) in [5, 5.41) is 16.3. The second kappa shape index (κ2) is 2.84. The Morgan fingerprint density at radius 2 is 2.23 bits per heavy atom. The minimum Gasteiger partial charge on any atom is -0.298 e. The zero-order valence-corrected chi connectivity index (χ0v) is 6.75. The summed E-state index contributed by atoms with van der Waals surface area (Å²) in [6.07, 6.45) is -0.771. The van der Waals surface area contributed by atoms with Gasteiger partial charge in [0.05, 0.1) is 5.52 Å². The van der Waals surface area contributed by atoms with E-state index >= 15 is 0 Å². The lowest BCUT2D eigenvalue weighted by Crippen LogP contribution is -2.17. The lowest BCUT2D eigenvalue weighted by atomic mass is 10.3. The number of hydrogen-bond acceptors (Lipinski definition) is 4. The van der Waals surface area contributed by atoms with Crippen LogP contribution in [-0.2, 0) is 0 Å². The zero-order chi connectivity index (χ0) is 9.26. The van der Waals surface area contributed by atoms with Crippen molar-refractivity contribution in [2.45, 2.75) is 6.17 Å². The van der Waals surface area contributed by atoms with Gasteiger partial charge in [0, 0.05) is 0 Å². The Morgan fingerprint density at radius 1 is 1.46 bits per heavy atom. The summed E-state index contributed by atoms with van der Waals surface area (Å²) < 4.78 is 1.40. The summed E-state index contributed by atoms with van der Waals surface area (Å²) in [6, 6.07) is 9.26. The largest absolute Gasteiger partial charge is 0.298 e. The molecule has 13 heavy (non-hydrogen) atoms. The SMILES string of the molecule is N#CC(N)n1nnc2ccccc21. The third kappa shape index (κ3) is 1.13. The molecule has 1 atom stereocenters. The third-order valence-electron chi connectivity index (χ3n) is 1.77. The van der Waals surface area contributed by atoms with Crippen LogP contribution in [0.4, 0.5) is 0 Å². The zero-order valence-electron chi connectivity index (χ0n) is 6.75. The van der Waals surface area contributed by atoms with E-state index in [9.17, 15) is 0 Å². The summed E-state index contributed by atoms with van der Waals surface area (Å²) in [5.74, 6) is 0. The van der Waals surface area contributed by atoms with Gasteiger partial charge in [-0.05, 0) is 12.1 Å². The van der Waals surface area contributed by atoms with Crippen LogP contribution >= 0.6 is 0 Å². The monoisotopic (exact) mass is 173 g/mol. The number of para-hydroxylation sites is 1. The molecule has 1 aromatic heterocycles. The second-order valence-electron chi connectivity index (χ2n) is 2.60. The van der Waals surface area contributed by atoms with Crippen LogP contribution in [0.25, 0.3) is 11.0 Å². The molecular weight excluding hydrogens is 166 g/mol. The summed E-state index contributed by atoms with van der Waals surface area (Å²) in [7, 11) is 0. The minimum absolute atomic E-state index is 0.744. The van der Waals surface area contributed by atoms with Gasteiger partial charge in [0.15, 0.2) is 6.17 Å². The first-order valence-electron chi connectivity index (χ1n) is 3.78. The smallest absolute Gasteiger partial charge is 0.189 e. The molecule has 2 N–H and O–H groups in total. The number of aromatic nitrogens is 3. The molecule has 0 saturated carbocycles. The fourth-order valence-electron chi connectivity index (χ4n) is 1.15. The number of rotatable bonds is 1. The summed E-state index contributed by atoms with van der Waals surface area (Å²) in [6.45, 7) is 0. The van der Waals surface area contributed by atoms with Crippen LogP contribution in [0.15, 0.2) is 24.3 Å². The average molecular weight is 173 g/mol. The predicted molar refractivity (Wildman–Crippen MR) is 46.4 cm³/mol. The van der Waals surface area contributed by atoms with Crippen molar-refractivity contribution in [3.63, 3.8) is 0 Å². The van der Waals surface area contributed by atoms with E-state index in [-0.39, 0.29) is 0 Å². The van der Waals surface area contributed by atoms with E-state index in [2.05, 4.69) is 10.3 Å². The fraction of sp³-hybridized carbons (Fsp3) is 0.125. The molecule has 0 bridgehead atoms. The van der Waals surface area contributed by atoms with Crippen LogP contribution in [0.5, 0.6) is 0 Å². The topological polar surface area (TPSA) is 80.5 Å². The van der Waals surface area contributed by atoms with E-state index in [1.807, 2.05) is 30.3 Å². The molecule has 0 radical (unpaired) electrons. The van der Waals surface area contributed by atoms with Crippen molar-refractivity contribution in [3.8, 4) is 6.07 Å². The van der Waals surface area contributed by atoms with Crippen molar-refractivity contribution >= 4 is 11.0 Å². The Hall–Kier alpha value is -1.93. The number of nitrogens with zero attached hydrogens (tertiary/aromatic N) is 4. The van der Waals surface area contributed by atoms with Gasteiger partial charge in [0.1, 0.15) is 11.6 Å². The number of hydrogen-bond donors (Lipinski definition) is 1. The molecule has 64 valence electrons. The fourth-order valence-corrected chi connectivity index (χ4v) is 1.15. The lowest BCUT2D eigenvalue weighted by molar-refractivity contribution is 0.563. The highest BCUT2D eigenvalue weighted by Gasteiger charge is 2.08. The first-order valence-corrected chi connectivity index (χ1v) is 3.78. The Kier molecular flexibility index (Phi) is 1.69. The van der Waals surface area contributed by atoms with Crippen LogP contribution in [0.3, 0.4) is 0 Å². The van der Waals surface area contributed by atoms with Gasteiger partial charge in [0.25, 0.3) is 0 Å². The van der Waals surface area contributed by atoms with Crippen molar-refractivity contribution in [3.05, 3.63) is 24.3 Å². The minimum atomic E-state index is -0.771. The highest BCUT2D eigenvalue weighted by atomic mass is 15.5. The number of nitriles is 1. The molecule has 5 heteroatoms. The molecule has 0 fully saturated rings. The molecule has 2 aromatic rings. The van der Waals surface area contributed by atoms with Gasteiger partial charge in [-0.2, -0.15) is 5.26 Å². The number of fused-ring (bicyclic) bond motifs is 1. The highest BCUT2D eigenvalue weighted by molar-refractivity contribution is 5.74. The predicted octanol–water partition coefficient (Wildman–Crippen LogP) is 0.412. The molecule has 1 aromatic carbocycles. The van der Waals surface area contributed by atoms with Gasteiger partial charge in [-0.3, -0.25) is 5.73 Å². The molecule has 1 unspecified atom stereocenters. The molecule has 1 heterocycles. The Morgan fingerprint density at radius 3 is 3.00 bits per heavy atom. The first kappa shape index (κ1) is 7.71. The molecule has 0 spiro atoms. The van der Waals surface area contributed by atoms with Gasteiger partial charge < -0.3 is 0 Å². The lowest BCUT2D eigenvalue weighted by Gasteiger charge is -2.01. The van der Waals surface area contributed by atoms with E-state index in [4.69, 9.17) is 11.0 Å². The van der Waals surface area contributed by atoms with Gasteiger partial charge in [-0.25, -0.2) is 4.68 Å². The standard InChI is InChI=1S/C8H7N5/c9-5-8(10)13-7-4-2-1-3-6(7)11-12-13/h1-4,8H,10H2. The van der Waals surface area contributed by atoms with E-state index in [0.717, 1.165) is 11.0 Å². The third-order valence-corrected chi connectivity index (χ3v) is 1.77. The van der Waals surface area contributed by atoms with Crippen molar-refractivity contribution in [1.29, 1.82) is 5.26 Å². The van der Waals surface area contributed by atoms with E-state index in [1.54, 1.807) is 0 Å². The summed E-state index contributed by atoms with van der Waals surface area (Å²) >= 11 is 0. The van der Waals surface area contributed by atoms with Crippen LogP contribution in [-0.4, -0.2) is 15.0 Å². The van der Waals surface area contributed by atoms with Crippen LogP contribution in [0.2, 0.25) is 0 Å². The molecule has 0 aliphatic rings. The maximum absolute atomic E-state index is 8.60. The second-order valence-corrected chi connectivity index (χ2v) is 2.60. The van der Waals surface area contributed by atoms with Crippen LogP contribution in [0, 0.1) is 11.3 Å². The van der Waals surface area contributed by atoms with Crippen LogP contribution in [0.1, 0.15) is 6.17 Å². The van der Waals surface area contributed by atoms with Crippen molar-refractivity contribution in [2.75, 3.05) is 0 Å². The summed E-state index contributed by atoms with van der Waals surface area (Å²) in [4.78, 5) is 0. The van der Waals surface area contributed by atoms with Crippen molar-refractivity contribution in [2.24, 2.45) is 5.73 Å². The van der Waals surface area contributed by atoms with Crippen LogP contribution < -0.4 is 5.73 Å². The average Bonchev–Trinajstić information content (AvgIpc) is 2.60. The molecule has 0 aliphatic heterocycles. The summed E-state index contributed by atoms with van der Waals surface area (Å²) in [5.41, 5.74) is 7.02. The van der Waals surface area contributed by atoms with Crippen molar-refractivity contribution < 1.29 is 0 Å². The molecule has 0 amide bonds. The Bertz CT molecular complexity index is 467. The number of benzene rings is 1. The molecule has 2 rings (SSSR count). The maximum Gasteiger partial charge on any atom is 0.189 e. The molecular formula is C8H7N5.